The van der Waals surface area contributed by atoms with E-state index in [1.165, 1.54) is 0 Å². The summed E-state index contributed by atoms with van der Waals surface area (Å²) in [6, 6.07) is 36.3. The zero-order chi connectivity index (χ0) is 28.5. The molecule has 43 heavy (non-hydrogen) atoms. The van der Waals surface area contributed by atoms with Crippen LogP contribution in [0, 0.1) is 0 Å². The molecular formula is C36H19ClN4O2. The van der Waals surface area contributed by atoms with E-state index >= 15 is 0 Å². The quantitative estimate of drug-likeness (QED) is 0.195. The molecule has 5 aromatic carbocycles. The van der Waals surface area contributed by atoms with Crippen LogP contribution in [0.4, 0.5) is 0 Å². The van der Waals surface area contributed by atoms with Crippen LogP contribution < -0.4 is 0 Å². The van der Waals surface area contributed by atoms with Crippen molar-refractivity contribution < 1.29 is 8.83 Å². The van der Waals surface area contributed by atoms with E-state index in [9.17, 15) is 0 Å². The molecule has 0 saturated heterocycles. The lowest BCUT2D eigenvalue weighted by Crippen LogP contribution is -2.01. The number of benzene rings is 5. The second-order valence-electron chi connectivity index (χ2n) is 10.4. The van der Waals surface area contributed by atoms with Crippen LogP contribution in [0.5, 0.6) is 0 Å². The largest absolute Gasteiger partial charge is 0.456 e. The maximum absolute atomic E-state index is 6.54. The normalized spacial score (nSPS) is 11.8. The molecule has 4 aromatic heterocycles. The topological polar surface area (TPSA) is 77.8 Å². The molecular weight excluding hydrogens is 556 g/mol. The summed E-state index contributed by atoms with van der Waals surface area (Å²) in [4.78, 5) is 19.6. The average molecular weight is 575 g/mol. The fourth-order valence-electron chi connectivity index (χ4n) is 5.91. The lowest BCUT2D eigenvalue weighted by atomic mass is 10.0. The molecule has 6 nitrogen and oxygen atoms in total. The Morgan fingerprint density at radius 2 is 1.16 bits per heavy atom. The van der Waals surface area contributed by atoms with Crippen LogP contribution in [-0.4, -0.2) is 19.9 Å². The Bertz CT molecular complexity index is 2550. The predicted molar refractivity (Wildman–Crippen MR) is 171 cm³/mol. The molecule has 0 aliphatic carbocycles. The SMILES string of the molecule is Clc1ncc(-c2nc(-c3ccc4ccccc4c3)nc(-c3cccc4oc5ccccc5c34)n2)c2c1oc1ccccc12. The molecule has 7 heteroatoms. The lowest BCUT2D eigenvalue weighted by Gasteiger charge is -2.10. The Balaban J connectivity index is 1.37. The summed E-state index contributed by atoms with van der Waals surface area (Å²) in [5, 5.41) is 6.20. The van der Waals surface area contributed by atoms with Crippen LogP contribution in [0.2, 0.25) is 5.15 Å². The lowest BCUT2D eigenvalue weighted by molar-refractivity contribution is 0.667. The van der Waals surface area contributed by atoms with Gasteiger partial charge >= 0.3 is 0 Å². The number of halogens is 1. The van der Waals surface area contributed by atoms with Crippen molar-refractivity contribution in [1.29, 1.82) is 0 Å². The highest BCUT2D eigenvalue weighted by Crippen LogP contribution is 2.40. The minimum absolute atomic E-state index is 0.286. The van der Waals surface area contributed by atoms with Gasteiger partial charge in [-0.3, -0.25) is 0 Å². The Kier molecular flexibility index (Phi) is 5.15. The van der Waals surface area contributed by atoms with E-state index in [2.05, 4.69) is 35.3 Å². The van der Waals surface area contributed by atoms with E-state index in [0.717, 1.165) is 54.6 Å². The maximum atomic E-state index is 6.54. The van der Waals surface area contributed by atoms with Gasteiger partial charge in [0.15, 0.2) is 28.2 Å². The summed E-state index contributed by atoms with van der Waals surface area (Å²) in [5.41, 5.74) is 5.22. The summed E-state index contributed by atoms with van der Waals surface area (Å²) < 4.78 is 12.3. The highest BCUT2D eigenvalue weighted by molar-refractivity contribution is 6.35. The fraction of sp³-hybridized carbons (Fsp3) is 0. The number of hydrogen-bond acceptors (Lipinski definition) is 6. The summed E-state index contributed by atoms with van der Waals surface area (Å²) in [6.07, 6.45) is 1.71. The summed E-state index contributed by atoms with van der Waals surface area (Å²) in [6.45, 7) is 0. The van der Waals surface area contributed by atoms with Crippen LogP contribution in [0.3, 0.4) is 0 Å². The first-order valence-electron chi connectivity index (χ1n) is 13.8. The molecule has 0 unspecified atom stereocenters. The van der Waals surface area contributed by atoms with E-state index in [1.54, 1.807) is 6.20 Å². The molecule has 0 fully saturated rings. The van der Waals surface area contributed by atoms with Gasteiger partial charge in [0, 0.05) is 44.4 Å². The number of furan rings is 2. The van der Waals surface area contributed by atoms with Crippen molar-refractivity contribution in [2.24, 2.45) is 0 Å². The van der Waals surface area contributed by atoms with Crippen molar-refractivity contribution in [3.63, 3.8) is 0 Å². The Hall–Kier alpha value is -5.59. The van der Waals surface area contributed by atoms with Crippen LogP contribution in [-0.2, 0) is 0 Å². The molecule has 202 valence electrons. The molecule has 0 bridgehead atoms. The Morgan fingerprint density at radius 3 is 2.00 bits per heavy atom. The van der Waals surface area contributed by atoms with Gasteiger partial charge in [-0.25, -0.2) is 19.9 Å². The van der Waals surface area contributed by atoms with Crippen molar-refractivity contribution in [1.82, 2.24) is 19.9 Å². The van der Waals surface area contributed by atoms with Gasteiger partial charge in [0.2, 0.25) is 0 Å². The number of fused-ring (bicyclic) bond motifs is 7. The van der Waals surface area contributed by atoms with E-state index in [1.807, 2.05) is 78.9 Å². The zero-order valence-corrected chi connectivity index (χ0v) is 23.2. The van der Waals surface area contributed by atoms with Gasteiger partial charge in [0.05, 0.1) is 0 Å². The van der Waals surface area contributed by atoms with E-state index in [0.29, 0.717) is 34.2 Å². The smallest absolute Gasteiger partial charge is 0.173 e. The third-order valence-corrected chi connectivity index (χ3v) is 8.16. The molecule has 0 atom stereocenters. The third-order valence-electron chi connectivity index (χ3n) is 7.89. The highest BCUT2D eigenvalue weighted by Gasteiger charge is 2.22. The van der Waals surface area contributed by atoms with Crippen LogP contribution in [0.1, 0.15) is 0 Å². The average Bonchev–Trinajstić information content (AvgIpc) is 3.64. The molecule has 0 aliphatic heterocycles. The minimum atomic E-state index is 0.286. The van der Waals surface area contributed by atoms with E-state index in [-0.39, 0.29) is 5.15 Å². The Morgan fingerprint density at radius 1 is 0.512 bits per heavy atom. The van der Waals surface area contributed by atoms with Crippen LogP contribution in [0.25, 0.3) is 88.8 Å². The molecule has 9 rings (SSSR count). The molecule has 0 amide bonds. The molecule has 4 heterocycles. The van der Waals surface area contributed by atoms with Gasteiger partial charge in [-0.15, -0.1) is 0 Å². The first-order valence-corrected chi connectivity index (χ1v) is 14.2. The second kappa shape index (κ2) is 9.21. The predicted octanol–water partition coefficient (Wildman–Crippen LogP) is 9.87. The van der Waals surface area contributed by atoms with Gasteiger partial charge < -0.3 is 8.83 Å². The van der Waals surface area contributed by atoms with E-state index in [4.69, 9.17) is 35.4 Å². The molecule has 0 saturated carbocycles. The summed E-state index contributed by atoms with van der Waals surface area (Å²) >= 11 is 6.54. The number of aromatic nitrogens is 4. The molecule has 0 radical (unpaired) electrons. The van der Waals surface area contributed by atoms with Crippen LogP contribution in [0.15, 0.2) is 124 Å². The van der Waals surface area contributed by atoms with Gasteiger partial charge in [0.25, 0.3) is 0 Å². The van der Waals surface area contributed by atoms with Gasteiger partial charge in [-0.05, 0) is 35.0 Å². The van der Waals surface area contributed by atoms with Crippen LogP contribution >= 0.6 is 11.6 Å². The number of nitrogens with zero attached hydrogens (tertiary/aromatic N) is 4. The number of para-hydroxylation sites is 2. The summed E-state index contributed by atoms with van der Waals surface area (Å²) in [7, 11) is 0. The molecule has 0 spiro atoms. The highest BCUT2D eigenvalue weighted by atomic mass is 35.5. The van der Waals surface area contributed by atoms with Gasteiger partial charge in [0.1, 0.15) is 16.7 Å². The van der Waals surface area contributed by atoms with Crippen molar-refractivity contribution in [2.45, 2.75) is 0 Å². The van der Waals surface area contributed by atoms with Gasteiger partial charge in [-0.1, -0.05) is 96.5 Å². The minimum Gasteiger partial charge on any atom is -0.456 e. The molecule has 9 aromatic rings. The van der Waals surface area contributed by atoms with Crippen molar-refractivity contribution in [3.05, 3.63) is 121 Å². The second-order valence-corrected chi connectivity index (χ2v) is 10.8. The monoisotopic (exact) mass is 574 g/mol. The van der Waals surface area contributed by atoms with Gasteiger partial charge in [-0.2, -0.15) is 0 Å². The maximum Gasteiger partial charge on any atom is 0.173 e. The standard InChI is InChI=1S/C36H19ClN4O2/c37-33-32-31(24-11-4-6-14-28(24)43-32)26(19-38-33)36-40-34(22-17-16-20-8-1-2-9-21(20)18-22)39-35(41-36)25-12-7-15-29-30(25)23-10-3-5-13-27(23)42-29/h1-19H. The first-order chi connectivity index (χ1) is 21.2. The third kappa shape index (κ3) is 3.74. The first kappa shape index (κ1) is 24.1. The molecule has 0 aliphatic rings. The number of hydrogen-bond donors (Lipinski definition) is 0. The number of rotatable bonds is 3. The number of pyridine rings is 1. The van der Waals surface area contributed by atoms with Crippen molar-refractivity contribution in [2.75, 3.05) is 0 Å². The summed E-state index contributed by atoms with van der Waals surface area (Å²) in [5.74, 6) is 1.55. The fourth-order valence-corrected chi connectivity index (χ4v) is 6.09. The molecule has 0 N–H and O–H groups in total. The Labute approximate surface area is 249 Å². The van der Waals surface area contributed by atoms with Crippen molar-refractivity contribution >= 4 is 66.3 Å². The van der Waals surface area contributed by atoms with E-state index < -0.39 is 0 Å². The zero-order valence-electron chi connectivity index (χ0n) is 22.5. The van der Waals surface area contributed by atoms with Crippen molar-refractivity contribution in [3.8, 4) is 34.2 Å².